The van der Waals surface area contributed by atoms with E-state index in [1.54, 1.807) is 6.92 Å². The van der Waals surface area contributed by atoms with Crippen molar-refractivity contribution < 1.29 is 9.90 Å². The molecule has 10 heavy (non-hydrogen) atoms. The van der Waals surface area contributed by atoms with Crippen molar-refractivity contribution in [3.8, 4) is 0 Å². The van der Waals surface area contributed by atoms with Gasteiger partial charge in [-0.05, 0) is 12.8 Å². The Hall–Kier alpha value is -0.570. The van der Waals surface area contributed by atoms with E-state index in [1.807, 2.05) is 13.8 Å². The average Bonchev–Trinajstić information content (AvgIpc) is 1.82. The molecule has 1 rings (SSSR count). The highest BCUT2D eigenvalue weighted by Gasteiger charge is 2.50. The van der Waals surface area contributed by atoms with Crippen LogP contribution in [0.1, 0.15) is 20.8 Å². The third kappa shape index (κ3) is 0.814. The van der Waals surface area contributed by atoms with E-state index >= 15 is 0 Å². The van der Waals surface area contributed by atoms with Gasteiger partial charge in [0.1, 0.15) is 0 Å². The first kappa shape index (κ1) is 7.54. The number of amides is 1. The zero-order valence-electron chi connectivity index (χ0n) is 6.51. The SMILES string of the molecule is CC(C)[C@H]1NC(=O)[C@]1(C)O. The molecule has 1 saturated heterocycles. The van der Waals surface area contributed by atoms with Gasteiger partial charge in [-0.1, -0.05) is 13.8 Å². The van der Waals surface area contributed by atoms with E-state index in [-0.39, 0.29) is 11.9 Å². The number of nitrogens with one attached hydrogen (secondary N) is 1. The van der Waals surface area contributed by atoms with Crippen molar-refractivity contribution in [2.24, 2.45) is 5.92 Å². The van der Waals surface area contributed by atoms with E-state index in [9.17, 15) is 9.90 Å². The van der Waals surface area contributed by atoms with Crippen LogP contribution in [0.2, 0.25) is 0 Å². The standard InChI is InChI=1S/C7H13NO2/c1-4(2)5-7(3,10)6(9)8-5/h4-5,10H,1-3H3,(H,8,9)/t5-,7-/m1/s1. The molecule has 1 heterocycles. The molecule has 0 unspecified atom stereocenters. The second kappa shape index (κ2) is 1.95. The van der Waals surface area contributed by atoms with Crippen molar-refractivity contribution in [3.63, 3.8) is 0 Å². The Morgan fingerprint density at radius 2 is 2.20 bits per heavy atom. The highest BCUT2D eigenvalue weighted by Crippen LogP contribution is 2.25. The Balaban J connectivity index is 2.63. The summed E-state index contributed by atoms with van der Waals surface area (Å²) < 4.78 is 0. The minimum absolute atomic E-state index is 0.0694. The summed E-state index contributed by atoms with van der Waals surface area (Å²) in [6, 6.07) is -0.0694. The van der Waals surface area contributed by atoms with Crippen LogP contribution in [-0.2, 0) is 4.79 Å². The molecule has 1 aliphatic heterocycles. The van der Waals surface area contributed by atoms with E-state index in [0.29, 0.717) is 5.92 Å². The molecule has 0 spiro atoms. The van der Waals surface area contributed by atoms with Crippen LogP contribution >= 0.6 is 0 Å². The minimum Gasteiger partial charge on any atom is -0.378 e. The summed E-state index contributed by atoms with van der Waals surface area (Å²) in [5.74, 6) is 0.0406. The first-order valence-electron chi connectivity index (χ1n) is 3.49. The summed E-state index contributed by atoms with van der Waals surface area (Å²) in [7, 11) is 0. The quantitative estimate of drug-likeness (QED) is 0.503. The fourth-order valence-electron chi connectivity index (χ4n) is 1.31. The van der Waals surface area contributed by atoms with Crippen molar-refractivity contribution in [1.82, 2.24) is 5.32 Å². The molecular formula is C7H13NO2. The lowest BCUT2D eigenvalue weighted by Crippen LogP contribution is -2.72. The van der Waals surface area contributed by atoms with Crippen LogP contribution in [-0.4, -0.2) is 22.7 Å². The maximum Gasteiger partial charge on any atom is 0.254 e. The van der Waals surface area contributed by atoms with Gasteiger partial charge < -0.3 is 10.4 Å². The van der Waals surface area contributed by atoms with Crippen LogP contribution in [0.5, 0.6) is 0 Å². The van der Waals surface area contributed by atoms with Crippen LogP contribution in [0, 0.1) is 5.92 Å². The summed E-state index contributed by atoms with van der Waals surface area (Å²) in [5, 5.41) is 12.0. The number of carbonyl (C=O) groups excluding carboxylic acids is 1. The van der Waals surface area contributed by atoms with Crippen molar-refractivity contribution in [2.45, 2.75) is 32.4 Å². The summed E-state index contributed by atoms with van der Waals surface area (Å²) in [6.07, 6.45) is 0. The fraction of sp³-hybridized carbons (Fsp3) is 0.857. The van der Waals surface area contributed by atoms with Crippen molar-refractivity contribution in [3.05, 3.63) is 0 Å². The molecule has 2 atom stereocenters. The highest BCUT2D eigenvalue weighted by molar-refractivity contribution is 5.92. The maximum atomic E-state index is 10.7. The smallest absolute Gasteiger partial charge is 0.254 e. The molecule has 0 saturated carbocycles. The van der Waals surface area contributed by atoms with Gasteiger partial charge in [-0.15, -0.1) is 0 Å². The number of rotatable bonds is 1. The molecule has 0 aliphatic carbocycles. The van der Waals surface area contributed by atoms with Gasteiger partial charge in [0.2, 0.25) is 0 Å². The van der Waals surface area contributed by atoms with Crippen molar-refractivity contribution >= 4 is 5.91 Å². The first-order chi connectivity index (χ1) is 4.46. The lowest BCUT2D eigenvalue weighted by molar-refractivity contribution is -0.160. The molecule has 3 nitrogen and oxygen atoms in total. The molecule has 1 amide bonds. The number of aliphatic hydroxyl groups is 1. The van der Waals surface area contributed by atoms with E-state index in [4.69, 9.17) is 0 Å². The van der Waals surface area contributed by atoms with Gasteiger partial charge in [0, 0.05) is 0 Å². The predicted octanol–water partition coefficient (Wildman–Crippen LogP) is -0.108. The van der Waals surface area contributed by atoms with Crippen molar-refractivity contribution in [1.29, 1.82) is 0 Å². The molecular weight excluding hydrogens is 130 g/mol. The van der Waals surface area contributed by atoms with Crippen LogP contribution in [0.25, 0.3) is 0 Å². The normalized spacial score (nSPS) is 39.3. The number of carbonyl (C=O) groups is 1. The third-order valence-corrected chi connectivity index (χ3v) is 2.02. The first-order valence-corrected chi connectivity index (χ1v) is 3.49. The summed E-state index contributed by atoms with van der Waals surface area (Å²) in [5.41, 5.74) is -1.13. The second-order valence-corrected chi connectivity index (χ2v) is 3.34. The molecule has 0 radical (unpaired) electrons. The Labute approximate surface area is 60.4 Å². The third-order valence-electron chi connectivity index (χ3n) is 2.02. The summed E-state index contributed by atoms with van der Waals surface area (Å²) in [6.45, 7) is 5.49. The monoisotopic (exact) mass is 143 g/mol. The lowest BCUT2D eigenvalue weighted by atomic mass is 9.80. The number of β-lactam (4-membered cyclic amide) rings is 1. The van der Waals surface area contributed by atoms with Gasteiger partial charge >= 0.3 is 0 Å². The molecule has 0 bridgehead atoms. The zero-order valence-corrected chi connectivity index (χ0v) is 6.51. The second-order valence-electron chi connectivity index (χ2n) is 3.34. The van der Waals surface area contributed by atoms with E-state index < -0.39 is 5.60 Å². The Morgan fingerprint density at radius 1 is 1.70 bits per heavy atom. The zero-order chi connectivity index (χ0) is 7.94. The van der Waals surface area contributed by atoms with Gasteiger partial charge in [0.05, 0.1) is 6.04 Å². The maximum absolute atomic E-state index is 10.7. The molecule has 0 aromatic heterocycles. The average molecular weight is 143 g/mol. The van der Waals surface area contributed by atoms with Crippen LogP contribution in [0.15, 0.2) is 0 Å². The number of hydrogen-bond acceptors (Lipinski definition) is 2. The summed E-state index contributed by atoms with van der Waals surface area (Å²) in [4.78, 5) is 10.7. The van der Waals surface area contributed by atoms with Crippen LogP contribution < -0.4 is 5.32 Å². The molecule has 0 aromatic carbocycles. The lowest BCUT2D eigenvalue weighted by Gasteiger charge is -2.44. The molecule has 2 N–H and O–H groups in total. The fourth-order valence-corrected chi connectivity index (χ4v) is 1.31. The highest BCUT2D eigenvalue weighted by atomic mass is 16.3. The largest absolute Gasteiger partial charge is 0.378 e. The minimum atomic E-state index is -1.13. The predicted molar refractivity (Wildman–Crippen MR) is 37.4 cm³/mol. The Morgan fingerprint density at radius 3 is 2.30 bits per heavy atom. The van der Waals surface area contributed by atoms with Gasteiger partial charge in [0.15, 0.2) is 5.60 Å². The Kier molecular flexibility index (Phi) is 1.47. The molecule has 0 aromatic rings. The van der Waals surface area contributed by atoms with Gasteiger partial charge in [-0.3, -0.25) is 4.79 Å². The van der Waals surface area contributed by atoms with Crippen LogP contribution in [0.3, 0.4) is 0 Å². The molecule has 58 valence electrons. The van der Waals surface area contributed by atoms with E-state index in [2.05, 4.69) is 5.32 Å². The molecule has 1 aliphatic rings. The molecule has 1 fully saturated rings. The topological polar surface area (TPSA) is 49.3 Å². The van der Waals surface area contributed by atoms with Crippen molar-refractivity contribution in [2.75, 3.05) is 0 Å². The van der Waals surface area contributed by atoms with E-state index in [1.165, 1.54) is 0 Å². The Bertz CT molecular complexity index is 163. The number of hydrogen-bond donors (Lipinski definition) is 2. The van der Waals surface area contributed by atoms with Gasteiger partial charge in [-0.25, -0.2) is 0 Å². The molecule has 3 heteroatoms. The van der Waals surface area contributed by atoms with E-state index in [0.717, 1.165) is 0 Å². The van der Waals surface area contributed by atoms with Gasteiger partial charge in [0.25, 0.3) is 5.91 Å². The van der Waals surface area contributed by atoms with Gasteiger partial charge in [-0.2, -0.15) is 0 Å². The summed E-state index contributed by atoms with van der Waals surface area (Å²) >= 11 is 0. The van der Waals surface area contributed by atoms with Crippen LogP contribution in [0.4, 0.5) is 0 Å².